The maximum atomic E-state index is 5.81. The molecule has 0 radical (unpaired) electrons. The van der Waals surface area contributed by atoms with Gasteiger partial charge in [0.1, 0.15) is 0 Å². The normalized spacial score (nSPS) is 16.1. The minimum absolute atomic E-state index is 1.02. The molecule has 0 N–H and O–H groups in total. The predicted octanol–water partition coefficient (Wildman–Crippen LogP) is 11.3. The SMILES string of the molecule is CCCCc1c2c3nc4c1CCc1cc5c(nc14)c1nc4c(c(CCCC)c1CC5)CCc1cc5c(nc14)c1nc4c(c(CCCC)c1CC5)CCc1cc(c3nc14)CC2. The van der Waals surface area contributed by atoms with Gasteiger partial charge in [0.2, 0.25) is 0 Å². The molecule has 6 aliphatic rings. The Bertz CT molecular complexity index is 2710. The van der Waals surface area contributed by atoms with Gasteiger partial charge >= 0.3 is 0 Å². The number of unbranched alkanes of at least 4 members (excludes halogenated alkanes) is 3. The standard InChI is InChI=1S/C54H54N6/c1-4-7-10-34-37-19-13-28-25-30-15-21-39-35(11-8-5-2)41-23-17-32-27-33-18-24-42-36(12-9-6-3)40-22-16-31-26-29-14-20-38(34)50-44(29)56-46(31)52(40)60-54(42)48(33)57-47(32)53(41)59-51(39)45(30)55-43(28)49(37)58-50/h25-27H,4-24H2,1-3H3. The molecule has 0 aliphatic heterocycles. The van der Waals surface area contributed by atoms with Gasteiger partial charge in [-0.2, -0.15) is 0 Å². The molecule has 0 spiro atoms. The van der Waals surface area contributed by atoms with Gasteiger partial charge in [0.25, 0.3) is 0 Å². The van der Waals surface area contributed by atoms with Crippen molar-refractivity contribution in [1.82, 2.24) is 29.9 Å². The molecule has 0 fully saturated rings. The van der Waals surface area contributed by atoms with Gasteiger partial charge in [-0.05, 0) is 199 Å². The Morgan fingerprint density at radius 3 is 0.683 bits per heavy atom. The summed E-state index contributed by atoms with van der Waals surface area (Å²) in [6.45, 7) is 6.98. The molecule has 6 nitrogen and oxygen atoms in total. The third kappa shape index (κ3) is 4.99. The highest BCUT2D eigenvalue weighted by molar-refractivity contribution is 6.00. The maximum absolute atomic E-state index is 5.81. The molecule has 12 bridgehead atoms. The van der Waals surface area contributed by atoms with E-state index in [1.54, 1.807) is 0 Å². The average molecular weight is 787 g/mol. The summed E-state index contributed by atoms with van der Waals surface area (Å²) in [7, 11) is 0. The van der Waals surface area contributed by atoms with Crippen molar-refractivity contribution in [3.05, 3.63) is 102 Å². The number of aryl methyl sites for hydroxylation is 12. The van der Waals surface area contributed by atoms with E-state index < -0.39 is 0 Å². The first kappa shape index (κ1) is 35.6. The number of hydrogen-bond donors (Lipinski definition) is 0. The molecule has 7 aromatic heterocycles. The summed E-state index contributed by atoms with van der Waals surface area (Å²) in [5.41, 5.74) is 34.5. The molecule has 0 saturated heterocycles. The van der Waals surface area contributed by atoms with E-state index in [0.717, 1.165) is 163 Å². The van der Waals surface area contributed by atoms with Gasteiger partial charge in [-0.15, -0.1) is 0 Å². The number of rotatable bonds is 9. The fraction of sp³-hybridized carbons (Fsp3) is 0.444. The lowest BCUT2D eigenvalue weighted by molar-refractivity contribution is 0.764. The summed E-state index contributed by atoms with van der Waals surface area (Å²) >= 11 is 0. The van der Waals surface area contributed by atoms with E-state index in [4.69, 9.17) is 29.9 Å². The zero-order valence-corrected chi connectivity index (χ0v) is 35.8. The number of pyridine rings is 6. The number of nitrogens with zero attached hydrogens (tertiary/aromatic N) is 6. The minimum atomic E-state index is 1.02. The van der Waals surface area contributed by atoms with Crippen molar-refractivity contribution < 1.29 is 0 Å². The fourth-order valence-corrected chi connectivity index (χ4v) is 12.6. The van der Waals surface area contributed by atoms with Crippen LogP contribution in [0.3, 0.4) is 0 Å². The Kier molecular flexibility index (Phi) is 7.99. The lowest BCUT2D eigenvalue weighted by atomic mass is 9.81. The van der Waals surface area contributed by atoms with E-state index in [1.165, 1.54) is 122 Å². The molecule has 6 heteroatoms. The Balaban J connectivity index is 1.29. The van der Waals surface area contributed by atoms with Gasteiger partial charge in [-0.25, -0.2) is 29.9 Å². The average Bonchev–Trinajstić information content (AvgIpc) is 3.28. The summed E-state index contributed by atoms with van der Waals surface area (Å²) in [5.74, 6) is 0. The van der Waals surface area contributed by atoms with Crippen LogP contribution in [0.5, 0.6) is 0 Å². The number of hydrogen-bond acceptors (Lipinski definition) is 6. The molecule has 13 rings (SSSR count). The van der Waals surface area contributed by atoms with Gasteiger partial charge < -0.3 is 0 Å². The van der Waals surface area contributed by atoms with Gasteiger partial charge in [0.05, 0.1) is 66.2 Å². The molecule has 60 heavy (non-hydrogen) atoms. The van der Waals surface area contributed by atoms with Crippen molar-refractivity contribution >= 4 is 66.2 Å². The van der Waals surface area contributed by atoms with Crippen molar-refractivity contribution in [3.8, 4) is 0 Å². The van der Waals surface area contributed by atoms with E-state index in [9.17, 15) is 0 Å². The van der Waals surface area contributed by atoms with Crippen LogP contribution in [-0.4, -0.2) is 29.9 Å². The van der Waals surface area contributed by atoms with E-state index in [0.29, 0.717) is 0 Å². The van der Waals surface area contributed by atoms with Crippen molar-refractivity contribution in [2.24, 2.45) is 0 Å². The van der Waals surface area contributed by atoms with Crippen LogP contribution in [0, 0.1) is 0 Å². The Hall–Kier alpha value is -5.10. The van der Waals surface area contributed by atoms with Crippen molar-refractivity contribution in [3.63, 3.8) is 0 Å². The molecule has 300 valence electrons. The molecule has 0 aromatic carbocycles. The highest BCUT2D eigenvalue weighted by Crippen LogP contribution is 2.43. The van der Waals surface area contributed by atoms with Crippen LogP contribution in [0.15, 0.2) is 18.2 Å². The Morgan fingerprint density at radius 1 is 0.283 bits per heavy atom. The van der Waals surface area contributed by atoms with E-state index >= 15 is 0 Å². The van der Waals surface area contributed by atoms with Crippen LogP contribution in [0.1, 0.15) is 143 Å². The topological polar surface area (TPSA) is 77.3 Å². The third-order valence-electron chi connectivity index (χ3n) is 15.7. The van der Waals surface area contributed by atoms with E-state index in [-0.39, 0.29) is 0 Å². The Morgan fingerprint density at radius 2 is 0.483 bits per heavy atom. The van der Waals surface area contributed by atoms with Gasteiger partial charge in [0.15, 0.2) is 0 Å². The Labute approximate surface area is 352 Å². The fourth-order valence-electron chi connectivity index (χ4n) is 12.6. The van der Waals surface area contributed by atoms with Gasteiger partial charge in [-0.3, -0.25) is 0 Å². The first-order valence-corrected chi connectivity index (χ1v) is 23.8. The van der Waals surface area contributed by atoms with Crippen LogP contribution in [-0.2, 0) is 96.3 Å². The molecule has 0 atom stereocenters. The van der Waals surface area contributed by atoms with Crippen LogP contribution in [0.4, 0.5) is 0 Å². The van der Waals surface area contributed by atoms with Crippen molar-refractivity contribution in [2.45, 2.75) is 156 Å². The molecule has 6 aliphatic carbocycles. The third-order valence-corrected chi connectivity index (χ3v) is 15.7. The van der Waals surface area contributed by atoms with Crippen LogP contribution in [0.25, 0.3) is 66.2 Å². The second kappa shape index (κ2) is 13.4. The first-order chi connectivity index (χ1) is 29.6. The van der Waals surface area contributed by atoms with Gasteiger partial charge in [0, 0.05) is 0 Å². The number of aromatic nitrogens is 6. The molecule has 7 heterocycles. The molecular formula is C54H54N6. The summed E-state index contributed by atoms with van der Waals surface area (Å²) in [4.78, 5) is 34.8. The minimum Gasteiger partial charge on any atom is -0.244 e. The lowest BCUT2D eigenvalue weighted by Crippen LogP contribution is -2.17. The highest BCUT2D eigenvalue weighted by atomic mass is 14.9. The largest absolute Gasteiger partial charge is 0.244 e. The zero-order chi connectivity index (χ0) is 39.8. The summed E-state index contributed by atoms with van der Waals surface area (Å²) < 4.78 is 0. The molecule has 0 unspecified atom stereocenters. The first-order valence-electron chi connectivity index (χ1n) is 23.8. The lowest BCUT2D eigenvalue weighted by Gasteiger charge is -2.28. The molecular weight excluding hydrogens is 733 g/mol. The molecule has 7 aromatic rings. The van der Waals surface area contributed by atoms with Gasteiger partial charge in [-0.1, -0.05) is 58.2 Å². The monoisotopic (exact) mass is 786 g/mol. The van der Waals surface area contributed by atoms with E-state index in [2.05, 4.69) is 39.0 Å². The predicted molar refractivity (Wildman–Crippen MR) is 245 cm³/mol. The van der Waals surface area contributed by atoms with E-state index in [1.807, 2.05) is 0 Å². The molecule has 0 saturated carbocycles. The van der Waals surface area contributed by atoms with Crippen LogP contribution < -0.4 is 0 Å². The maximum Gasteiger partial charge on any atom is 0.0932 e. The van der Waals surface area contributed by atoms with Crippen molar-refractivity contribution in [2.75, 3.05) is 0 Å². The highest BCUT2D eigenvalue weighted by Gasteiger charge is 2.31. The quantitative estimate of drug-likeness (QED) is 0.145. The second-order valence-corrected chi connectivity index (χ2v) is 19.1. The van der Waals surface area contributed by atoms with Crippen LogP contribution >= 0.6 is 0 Å². The second-order valence-electron chi connectivity index (χ2n) is 19.1. The summed E-state index contributed by atoms with van der Waals surface area (Å²) in [6.07, 6.45) is 22.7. The van der Waals surface area contributed by atoms with Crippen LogP contribution in [0.2, 0.25) is 0 Å². The molecule has 0 amide bonds. The smallest absolute Gasteiger partial charge is 0.0932 e. The summed E-state index contributed by atoms with van der Waals surface area (Å²) in [5, 5.41) is 0. The summed E-state index contributed by atoms with van der Waals surface area (Å²) in [6, 6.07) is 7.51. The van der Waals surface area contributed by atoms with Crippen molar-refractivity contribution in [1.29, 1.82) is 0 Å². The zero-order valence-electron chi connectivity index (χ0n) is 35.8.